The van der Waals surface area contributed by atoms with E-state index in [1.54, 1.807) is 24.5 Å². The molecule has 0 atom stereocenters. The molecule has 78 valence electrons. The van der Waals surface area contributed by atoms with Gasteiger partial charge in [-0.2, -0.15) is 0 Å². The van der Waals surface area contributed by atoms with Crippen LogP contribution < -0.4 is 11.2 Å². The van der Waals surface area contributed by atoms with E-state index in [4.69, 9.17) is 0 Å². The zero-order valence-corrected chi connectivity index (χ0v) is 8.38. The van der Waals surface area contributed by atoms with Crippen LogP contribution in [0.2, 0.25) is 0 Å². The molecule has 2 aromatic rings. The molecule has 2 aromatic heterocycles. The molecule has 0 aromatic carbocycles. The summed E-state index contributed by atoms with van der Waals surface area (Å²) in [5.41, 5.74) is 0.234. The van der Waals surface area contributed by atoms with Crippen LogP contribution in [-0.2, 0) is 0 Å². The second-order valence-electron chi connectivity index (χ2n) is 2.72. The largest absolute Gasteiger partial charge is 0.325 e. The zero-order valence-electron chi connectivity index (χ0n) is 7.56. The van der Waals surface area contributed by atoms with E-state index in [0.717, 1.165) is 5.56 Å². The predicted octanol–water partition coefficient (Wildman–Crippen LogP) is 0.547. The van der Waals surface area contributed by atoms with Crippen molar-refractivity contribution in [1.29, 1.82) is 0 Å². The number of aromatic amines is 2. The van der Waals surface area contributed by atoms with Gasteiger partial charge in [0.05, 0.1) is 5.56 Å². The number of nitrogens with zero attached hydrogens (tertiary/aromatic N) is 1. The Morgan fingerprint density at radius 3 is 2.40 bits per heavy atom. The molecule has 0 saturated heterocycles. The molecule has 0 saturated carbocycles. The minimum absolute atomic E-state index is 0. The first-order valence-corrected chi connectivity index (χ1v) is 4.00. The van der Waals surface area contributed by atoms with Gasteiger partial charge in [-0.25, -0.2) is 4.79 Å². The van der Waals surface area contributed by atoms with Crippen LogP contribution in [0.3, 0.4) is 0 Å². The monoisotopic (exact) mass is 225 g/mol. The van der Waals surface area contributed by atoms with Crippen LogP contribution in [0.5, 0.6) is 0 Å². The molecule has 0 aliphatic heterocycles. The van der Waals surface area contributed by atoms with E-state index in [1.807, 2.05) is 0 Å². The first-order valence-electron chi connectivity index (χ1n) is 4.00. The molecule has 0 unspecified atom stereocenters. The van der Waals surface area contributed by atoms with Crippen molar-refractivity contribution in [3.8, 4) is 11.1 Å². The Bertz CT molecular complexity index is 547. The molecule has 5 nitrogen and oxygen atoms in total. The number of hydrogen-bond acceptors (Lipinski definition) is 3. The molecule has 2 rings (SSSR count). The summed E-state index contributed by atoms with van der Waals surface area (Å²) >= 11 is 0. The molecular weight excluding hydrogens is 218 g/mol. The summed E-state index contributed by atoms with van der Waals surface area (Å²) in [6, 6.07) is 3.39. The molecule has 0 bridgehead atoms. The van der Waals surface area contributed by atoms with Gasteiger partial charge in [0.1, 0.15) is 0 Å². The molecule has 0 amide bonds. The normalized spacial score (nSPS) is 9.33. The van der Waals surface area contributed by atoms with Gasteiger partial charge in [-0.1, -0.05) is 0 Å². The smallest absolute Gasteiger partial charge is 0.313 e. The van der Waals surface area contributed by atoms with Gasteiger partial charge in [0.25, 0.3) is 5.56 Å². The second kappa shape index (κ2) is 4.56. The molecule has 2 heterocycles. The lowest BCUT2D eigenvalue weighted by Crippen LogP contribution is -2.22. The minimum Gasteiger partial charge on any atom is -0.313 e. The summed E-state index contributed by atoms with van der Waals surface area (Å²) in [5, 5.41) is 0. The highest BCUT2D eigenvalue weighted by molar-refractivity contribution is 5.85. The maximum absolute atomic E-state index is 11.3. The van der Waals surface area contributed by atoms with Crippen molar-refractivity contribution < 1.29 is 0 Å². The van der Waals surface area contributed by atoms with Gasteiger partial charge >= 0.3 is 5.69 Å². The standard InChI is InChI=1S/C9H7N3O2.ClH/c13-8-7(5-11-9(14)12-8)6-1-3-10-4-2-6;/h1-5H,(H2,11,12,13,14);1H. The zero-order chi connectivity index (χ0) is 9.97. The Morgan fingerprint density at radius 2 is 1.80 bits per heavy atom. The third-order valence-electron chi connectivity index (χ3n) is 1.81. The average molecular weight is 226 g/mol. The molecule has 2 N–H and O–H groups in total. The quantitative estimate of drug-likeness (QED) is 0.744. The molecule has 6 heteroatoms. The Hall–Kier alpha value is -1.88. The van der Waals surface area contributed by atoms with Crippen LogP contribution in [0.1, 0.15) is 0 Å². The van der Waals surface area contributed by atoms with Crippen LogP contribution in [0, 0.1) is 0 Å². The van der Waals surface area contributed by atoms with Crippen LogP contribution in [0.25, 0.3) is 11.1 Å². The number of nitrogens with one attached hydrogen (secondary N) is 2. The lowest BCUT2D eigenvalue weighted by molar-refractivity contribution is 1.04. The Labute approximate surface area is 90.6 Å². The number of halogens is 1. The van der Waals surface area contributed by atoms with Gasteiger partial charge in [-0.15, -0.1) is 12.4 Å². The highest BCUT2D eigenvalue weighted by Crippen LogP contribution is 2.10. The van der Waals surface area contributed by atoms with Gasteiger partial charge in [-0.3, -0.25) is 14.8 Å². The molecular formula is C9H8ClN3O2. The molecule has 0 fully saturated rings. The van der Waals surface area contributed by atoms with E-state index in [-0.39, 0.29) is 12.4 Å². The van der Waals surface area contributed by atoms with Gasteiger partial charge < -0.3 is 4.98 Å². The van der Waals surface area contributed by atoms with E-state index >= 15 is 0 Å². The second-order valence-corrected chi connectivity index (χ2v) is 2.72. The molecule has 0 radical (unpaired) electrons. The van der Waals surface area contributed by atoms with E-state index < -0.39 is 11.2 Å². The van der Waals surface area contributed by atoms with Crippen LogP contribution in [-0.4, -0.2) is 15.0 Å². The summed E-state index contributed by atoms with van der Waals surface area (Å²) in [6.07, 6.45) is 4.55. The van der Waals surface area contributed by atoms with E-state index in [1.165, 1.54) is 6.20 Å². The maximum Gasteiger partial charge on any atom is 0.325 e. The van der Waals surface area contributed by atoms with Gasteiger partial charge in [0.15, 0.2) is 0 Å². The highest BCUT2D eigenvalue weighted by Gasteiger charge is 2.01. The number of aromatic nitrogens is 3. The fourth-order valence-electron chi connectivity index (χ4n) is 1.16. The summed E-state index contributed by atoms with van der Waals surface area (Å²) in [5.74, 6) is 0. The first-order chi connectivity index (χ1) is 6.77. The number of pyridine rings is 1. The van der Waals surface area contributed by atoms with Crippen molar-refractivity contribution in [1.82, 2.24) is 15.0 Å². The molecule has 15 heavy (non-hydrogen) atoms. The summed E-state index contributed by atoms with van der Waals surface area (Å²) in [7, 11) is 0. The van der Waals surface area contributed by atoms with Gasteiger partial charge in [0.2, 0.25) is 0 Å². The maximum atomic E-state index is 11.3. The van der Waals surface area contributed by atoms with Crippen LogP contribution >= 0.6 is 12.4 Å². The van der Waals surface area contributed by atoms with Crippen molar-refractivity contribution in [2.24, 2.45) is 0 Å². The Kier molecular flexibility index (Phi) is 3.41. The third kappa shape index (κ3) is 2.32. The average Bonchev–Trinajstić information content (AvgIpc) is 2.19. The van der Waals surface area contributed by atoms with Gasteiger partial charge in [-0.05, 0) is 17.7 Å². The lowest BCUT2D eigenvalue weighted by Gasteiger charge is -1.97. The summed E-state index contributed by atoms with van der Waals surface area (Å²) in [4.78, 5) is 30.5. The SMILES string of the molecule is Cl.O=c1[nH]cc(-c2ccncc2)c(=O)[nH]1. The number of hydrogen-bond donors (Lipinski definition) is 2. The first kappa shape index (κ1) is 11.2. The molecule has 0 spiro atoms. The predicted molar refractivity (Wildman–Crippen MR) is 58.2 cm³/mol. The lowest BCUT2D eigenvalue weighted by atomic mass is 10.1. The summed E-state index contributed by atoms with van der Waals surface area (Å²) in [6.45, 7) is 0. The van der Waals surface area contributed by atoms with Gasteiger partial charge in [0, 0.05) is 18.6 Å². The number of rotatable bonds is 1. The van der Waals surface area contributed by atoms with E-state index in [9.17, 15) is 9.59 Å². The van der Waals surface area contributed by atoms with Crippen molar-refractivity contribution in [2.45, 2.75) is 0 Å². The van der Waals surface area contributed by atoms with E-state index in [0.29, 0.717) is 5.56 Å². The number of H-pyrrole nitrogens is 2. The topological polar surface area (TPSA) is 78.6 Å². The van der Waals surface area contributed by atoms with Crippen molar-refractivity contribution in [3.63, 3.8) is 0 Å². The third-order valence-corrected chi connectivity index (χ3v) is 1.81. The summed E-state index contributed by atoms with van der Waals surface area (Å²) < 4.78 is 0. The van der Waals surface area contributed by atoms with Crippen molar-refractivity contribution in [3.05, 3.63) is 51.6 Å². The minimum atomic E-state index is -0.507. The fourth-order valence-corrected chi connectivity index (χ4v) is 1.16. The Balaban J connectivity index is 0.00000112. The van der Waals surface area contributed by atoms with E-state index in [2.05, 4.69) is 15.0 Å². The van der Waals surface area contributed by atoms with Crippen molar-refractivity contribution in [2.75, 3.05) is 0 Å². The fraction of sp³-hybridized carbons (Fsp3) is 0. The highest BCUT2D eigenvalue weighted by atomic mass is 35.5. The molecule has 0 aliphatic carbocycles. The van der Waals surface area contributed by atoms with Crippen LogP contribution in [0.15, 0.2) is 40.3 Å². The van der Waals surface area contributed by atoms with Crippen molar-refractivity contribution >= 4 is 12.4 Å². The molecule has 0 aliphatic rings. The Morgan fingerprint density at radius 1 is 1.13 bits per heavy atom. The van der Waals surface area contributed by atoms with Crippen LogP contribution in [0.4, 0.5) is 0 Å².